The lowest BCUT2D eigenvalue weighted by Crippen LogP contribution is -2.03. The van der Waals surface area contributed by atoms with Crippen LogP contribution in [0.4, 0.5) is 0 Å². The molecule has 0 saturated heterocycles. The van der Waals surface area contributed by atoms with Crippen molar-refractivity contribution in [3.05, 3.63) is 94.7 Å². The Morgan fingerprint density at radius 3 is 2.11 bits per heavy atom. The molecule has 0 aromatic rings. The predicted octanol–water partition coefficient (Wildman–Crippen LogP) is 11.4. The lowest BCUT2D eigenvalue weighted by molar-refractivity contribution is 0.486. The molecule has 0 amide bonds. The van der Waals surface area contributed by atoms with Crippen LogP contribution in [0.5, 0.6) is 0 Å². The van der Waals surface area contributed by atoms with Crippen LogP contribution in [0.3, 0.4) is 0 Å². The van der Waals surface area contributed by atoms with E-state index >= 15 is 0 Å². The van der Waals surface area contributed by atoms with Crippen LogP contribution >= 0.6 is 0 Å². The molecule has 0 aliphatic heterocycles. The first kappa shape index (κ1) is 34.6. The Hall–Kier alpha value is -2.52. The largest absolute Gasteiger partial charge is 0.115 e. The molecule has 0 heterocycles. The van der Waals surface area contributed by atoms with Crippen LogP contribution in [0.1, 0.15) is 107 Å². The molecule has 0 nitrogen and oxygen atoms in total. The summed E-state index contributed by atoms with van der Waals surface area (Å²) >= 11 is 0. The van der Waals surface area contributed by atoms with E-state index in [1.807, 2.05) is 39.0 Å². The molecule has 0 spiro atoms. The van der Waals surface area contributed by atoms with Gasteiger partial charge in [-0.3, -0.25) is 0 Å². The topological polar surface area (TPSA) is 0 Å². The lowest BCUT2D eigenvalue weighted by atomic mass is 9.87. The predicted molar refractivity (Wildman–Crippen MR) is 164 cm³/mol. The van der Waals surface area contributed by atoms with Crippen molar-refractivity contribution in [2.24, 2.45) is 5.92 Å². The maximum atomic E-state index is 5.43. The van der Waals surface area contributed by atoms with Gasteiger partial charge in [0.05, 0.1) is 0 Å². The first-order valence-corrected chi connectivity index (χ1v) is 13.3. The Kier molecular flexibility index (Phi) is 20.6. The highest BCUT2D eigenvalue weighted by molar-refractivity contribution is 5.51. The monoisotopic (exact) mass is 474 g/mol. The smallest absolute Gasteiger partial charge is 0.0234 e. The highest BCUT2D eigenvalue weighted by Gasteiger charge is 2.11. The first-order chi connectivity index (χ1) is 16.5. The van der Waals surface area contributed by atoms with Crippen molar-refractivity contribution in [3.8, 4) is 12.3 Å². The minimum absolute atomic E-state index is 0.772. The third-order valence-corrected chi connectivity index (χ3v) is 6.03. The van der Waals surface area contributed by atoms with Crippen LogP contribution in [0, 0.1) is 18.3 Å². The van der Waals surface area contributed by atoms with Crippen LogP contribution in [0.2, 0.25) is 0 Å². The van der Waals surface area contributed by atoms with Gasteiger partial charge in [0, 0.05) is 5.57 Å². The Balaban J connectivity index is 0. The molecule has 0 saturated carbocycles. The molecule has 35 heavy (non-hydrogen) atoms. The molecule has 1 rings (SSSR count). The van der Waals surface area contributed by atoms with Crippen molar-refractivity contribution in [2.45, 2.75) is 107 Å². The van der Waals surface area contributed by atoms with E-state index in [2.05, 4.69) is 79.4 Å². The first-order valence-electron chi connectivity index (χ1n) is 13.3. The van der Waals surface area contributed by atoms with E-state index in [9.17, 15) is 0 Å². The molecule has 0 bridgehead atoms. The summed E-state index contributed by atoms with van der Waals surface area (Å²) in [4.78, 5) is 0. The van der Waals surface area contributed by atoms with Gasteiger partial charge in [-0.2, -0.15) is 0 Å². The molecule has 194 valence electrons. The summed E-state index contributed by atoms with van der Waals surface area (Å²) in [6, 6.07) is 0. The highest BCUT2D eigenvalue weighted by atomic mass is 14.2. The summed E-state index contributed by atoms with van der Waals surface area (Å²) < 4.78 is 0. The summed E-state index contributed by atoms with van der Waals surface area (Å²) in [6.07, 6.45) is 24.4. The summed E-state index contributed by atoms with van der Waals surface area (Å²) in [5.41, 5.74) is 10.1. The summed E-state index contributed by atoms with van der Waals surface area (Å²) in [5.74, 6) is 3.49. The second kappa shape index (κ2) is 20.8. The van der Waals surface area contributed by atoms with Crippen molar-refractivity contribution in [3.63, 3.8) is 0 Å². The molecule has 1 atom stereocenters. The minimum atomic E-state index is 0.772. The van der Waals surface area contributed by atoms with Gasteiger partial charge in [0.25, 0.3) is 0 Å². The maximum absolute atomic E-state index is 5.43. The van der Waals surface area contributed by atoms with Gasteiger partial charge < -0.3 is 0 Å². The fourth-order valence-electron chi connectivity index (χ4n) is 3.77. The highest BCUT2D eigenvalue weighted by Crippen LogP contribution is 2.28. The lowest BCUT2D eigenvalue weighted by Gasteiger charge is -2.18. The summed E-state index contributed by atoms with van der Waals surface area (Å²) in [5, 5.41) is 0. The average molecular weight is 475 g/mol. The SMILES string of the molecule is C#CC1=C(C)CCC(C(=C)/C=C\C)=C1.C=C(C)C.C=C/C(C)=C\C(C)=C(/C)C(CCC)CCCC. The fraction of sp³-hybridized carbons (Fsp3) is 0.486. The van der Waals surface area contributed by atoms with E-state index in [1.54, 1.807) is 5.57 Å². The number of hydrogen-bond donors (Lipinski definition) is 0. The van der Waals surface area contributed by atoms with E-state index in [0.717, 1.165) is 29.9 Å². The van der Waals surface area contributed by atoms with Gasteiger partial charge in [-0.25, -0.2) is 0 Å². The van der Waals surface area contributed by atoms with Gasteiger partial charge in [0.2, 0.25) is 0 Å². The van der Waals surface area contributed by atoms with Crippen molar-refractivity contribution in [1.29, 1.82) is 0 Å². The van der Waals surface area contributed by atoms with Gasteiger partial charge in [0.1, 0.15) is 0 Å². The van der Waals surface area contributed by atoms with Crippen LogP contribution in [0.15, 0.2) is 94.7 Å². The van der Waals surface area contributed by atoms with Gasteiger partial charge >= 0.3 is 0 Å². The van der Waals surface area contributed by atoms with Crippen LogP contribution in [0.25, 0.3) is 0 Å². The summed E-state index contributed by atoms with van der Waals surface area (Å²) in [7, 11) is 0. The van der Waals surface area contributed by atoms with Crippen LogP contribution < -0.4 is 0 Å². The van der Waals surface area contributed by atoms with Gasteiger partial charge in [-0.1, -0.05) is 104 Å². The zero-order chi connectivity index (χ0) is 27.4. The van der Waals surface area contributed by atoms with Crippen molar-refractivity contribution in [1.82, 2.24) is 0 Å². The molecule has 0 aromatic carbocycles. The van der Waals surface area contributed by atoms with E-state index in [1.165, 1.54) is 60.0 Å². The van der Waals surface area contributed by atoms with E-state index in [0.29, 0.717) is 0 Å². The minimum Gasteiger partial charge on any atom is -0.115 e. The van der Waals surface area contributed by atoms with Crippen molar-refractivity contribution >= 4 is 0 Å². The zero-order valence-electron chi connectivity index (χ0n) is 24.6. The van der Waals surface area contributed by atoms with Crippen LogP contribution in [-0.2, 0) is 0 Å². The fourth-order valence-corrected chi connectivity index (χ4v) is 3.77. The quantitative estimate of drug-likeness (QED) is 0.168. The number of allylic oxidation sites excluding steroid dienone is 13. The Morgan fingerprint density at radius 2 is 1.66 bits per heavy atom. The third kappa shape index (κ3) is 16.7. The average Bonchev–Trinajstić information content (AvgIpc) is 2.81. The Labute approximate surface area is 220 Å². The van der Waals surface area contributed by atoms with E-state index < -0.39 is 0 Å². The zero-order valence-corrected chi connectivity index (χ0v) is 24.6. The Morgan fingerprint density at radius 1 is 1.06 bits per heavy atom. The van der Waals surface area contributed by atoms with Crippen LogP contribution in [-0.4, -0.2) is 0 Å². The molecule has 1 aliphatic carbocycles. The number of hydrogen-bond acceptors (Lipinski definition) is 0. The van der Waals surface area contributed by atoms with E-state index in [4.69, 9.17) is 6.42 Å². The van der Waals surface area contributed by atoms with Gasteiger partial charge in [-0.05, 0) is 97.3 Å². The van der Waals surface area contributed by atoms with Gasteiger partial charge in [0.15, 0.2) is 0 Å². The molecule has 0 heteroatoms. The molecule has 0 radical (unpaired) electrons. The van der Waals surface area contributed by atoms with E-state index in [-0.39, 0.29) is 0 Å². The molecular formula is C35H54. The van der Waals surface area contributed by atoms with Crippen molar-refractivity contribution in [2.75, 3.05) is 0 Å². The number of terminal acetylenes is 1. The second-order valence-corrected chi connectivity index (χ2v) is 9.83. The molecule has 0 N–H and O–H groups in total. The van der Waals surface area contributed by atoms with Crippen molar-refractivity contribution < 1.29 is 0 Å². The molecule has 1 unspecified atom stereocenters. The van der Waals surface area contributed by atoms with Gasteiger partial charge in [-0.15, -0.1) is 13.0 Å². The normalized spacial score (nSPS) is 15.0. The maximum Gasteiger partial charge on any atom is 0.0234 e. The molecule has 0 fully saturated rings. The standard InChI is InChI=1S/C17H30.C14H16.C4H8/c1-7-10-12-17(11-8-2)16(6)15(5)13-14(4)9-3;1-5-7-11(3)14-9-8-12(4)13(6-2)10-14;1-4(2)3/h9,13,17H,3,7-8,10-12H2,1-2,4-6H3;2,5,7,10H,3,8-9H2,1,4H3;1H2,2-3H3/b14-13-,16-15+;7-5-;. The second-order valence-electron chi connectivity index (χ2n) is 9.83. The molecular weight excluding hydrogens is 420 g/mol. The molecule has 1 aliphatic rings. The Bertz CT molecular complexity index is 863. The molecule has 0 aromatic heterocycles. The third-order valence-electron chi connectivity index (χ3n) is 6.03. The number of rotatable bonds is 10. The summed E-state index contributed by atoms with van der Waals surface area (Å²) in [6.45, 7) is 30.6. The number of unbranched alkanes of at least 4 members (excludes halogenated alkanes) is 1.